The van der Waals surface area contributed by atoms with Crippen LogP contribution in [0.4, 0.5) is 5.82 Å². The van der Waals surface area contributed by atoms with E-state index in [1.807, 2.05) is 0 Å². The molecule has 0 fully saturated rings. The molecule has 96 valence electrons. The third-order valence-electron chi connectivity index (χ3n) is 2.22. The minimum Gasteiger partial charge on any atom is -0.396 e. The summed E-state index contributed by atoms with van der Waals surface area (Å²) in [7, 11) is -3.64. The Morgan fingerprint density at radius 3 is 2.59 bits per heavy atom. The molecule has 0 atom stereocenters. The number of nitrogens with zero attached hydrogens (tertiary/aromatic N) is 1. The summed E-state index contributed by atoms with van der Waals surface area (Å²) in [5, 5.41) is 8.84. The molecule has 0 amide bonds. The monoisotopic (exact) mass is 259 g/mol. The van der Waals surface area contributed by atoms with Crippen LogP contribution in [0.3, 0.4) is 0 Å². The van der Waals surface area contributed by atoms with E-state index in [1.165, 1.54) is 18.3 Å². The number of anilines is 1. The zero-order chi connectivity index (χ0) is 13.1. The Morgan fingerprint density at radius 1 is 1.47 bits per heavy atom. The fourth-order valence-corrected chi connectivity index (χ4v) is 2.69. The highest BCUT2D eigenvalue weighted by Crippen LogP contribution is 2.15. The Bertz CT molecular complexity index is 468. The van der Waals surface area contributed by atoms with E-state index in [2.05, 4.69) is 9.71 Å². The first-order valence-corrected chi connectivity index (χ1v) is 6.61. The van der Waals surface area contributed by atoms with Crippen molar-refractivity contribution in [2.45, 2.75) is 30.7 Å². The van der Waals surface area contributed by atoms with E-state index in [9.17, 15) is 8.42 Å². The lowest BCUT2D eigenvalue weighted by atomic mass is 10.0. The van der Waals surface area contributed by atoms with Crippen molar-refractivity contribution in [1.29, 1.82) is 0 Å². The Morgan fingerprint density at radius 2 is 2.12 bits per heavy atom. The molecule has 0 spiro atoms. The second-order valence-corrected chi connectivity index (χ2v) is 6.06. The first kappa shape index (κ1) is 13.9. The highest BCUT2D eigenvalue weighted by atomic mass is 32.2. The normalized spacial score (nSPS) is 12.6. The van der Waals surface area contributed by atoms with E-state index in [4.69, 9.17) is 10.8 Å². The number of sulfonamides is 1. The molecular weight excluding hydrogens is 242 g/mol. The van der Waals surface area contributed by atoms with Gasteiger partial charge in [0.25, 0.3) is 0 Å². The summed E-state index contributed by atoms with van der Waals surface area (Å²) >= 11 is 0. The first-order valence-electron chi connectivity index (χ1n) is 5.13. The lowest BCUT2D eigenvalue weighted by molar-refractivity contribution is 0.245. The predicted molar refractivity (Wildman–Crippen MR) is 64.8 cm³/mol. The molecule has 0 saturated heterocycles. The van der Waals surface area contributed by atoms with E-state index < -0.39 is 15.6 Å². The van der Waals surface area contributed by atoms with Gasteiger partial charge in [-0.25, -0.2) is 18.1 Å². The second-order valence-electron chi connectivity index (χ2n) is 4.38. The first-order chi connectivity index (χ1) is 7.77. The number of aliphatic hydroxyl groups excluding tert-OH is 1. The molecule has 0 unspecified atom stereocenters. The number of aliphatic hydroxyl groups is 1. The van der Waals surface area contributed by atoms with Gasteiger partial charge < -0.3 is 10.8 Å². The van der Waals surface area contributed by atoms with Crippen LogP contribution in [0.5, 0.6) is 0 Å². The zero-order valence-corrected chi connectivity index (χ0v) is 10.7. The van der Waals surface area contributed by atoms with Gasteiger partial charge in [0.2, 0.25) is 10.0 Å². The van der Waals surface area contributed by atoms with Crippen LogP contribution in [-0.2, 0) is 10.0 Å². The molecule has 0 aromatic carbocycles. The van der Waals surface area contributed by atoms with Crippen molar-refractivity contribution in [3.63, 3.8) is 0 Å². The summed E-state index contributed by atoms with van der Waals surface area (Å²) in [5.74, 6) is 0.263. The Kier molecular flexibility index (Phi) is 4.07. The van der Waals surface area contributed by atoms with Crippen molar-refractivity contribution < 1.29 is 13.5 Å². The number of nitrogen functional groups attached to an aromatic ring is 1. The fraction of sp³-hybridized carbons (Fsp3) is 0.500. The van der Waals surface area contributed by atoms with Gasteiger partial charge in [0, 0.05) is 18.3 Å². The van der Waals surface area contributed by atoms with Crippen LogP contribution in [-0.4, -0.2) is 30.7 Å². The summed E-state index contributed by atoms with van der Waals surface area (Å²) in [6.07, 6.45) is 1.53. The second kappa shape index (κ2) is 4.99. The molecule has 0 aliphatic heterocycles. The van der Waals surface area contributed by atoms with Gasteiger partial charge in [-0.3, -0.25) is 0 Å². The maximum atomic E-state index is 12.0. The molecule has 17 heavy (non-hydrogen) atoms. The van der Waals surface area contributed by atoms with Crippen molar-refractivity contribution in [2.75, 3.05) is 12.3 Å². The van der Waals surface area contributed by atoms with Crippen LogP contribution in [0, 0.1) is 0 Å². The highest BCUT2D eigenvalue weighted by Gasteiger charge is 2.25. The van der Waals surface area contributed by atoms with Crippen molar-refractivity contribution in [1.82, 2.24) is 9.71 Å². The minimum atomic E-state index is -3.64. The van der Waals surface area contributed by atoms with Crippen molar-refractivity contribution in [3.05, 3.63) is 18.3 Å². The van der Waals surface area contributed by atoms with E-state index in [0.717, 1.165) is 0 Å². The van der Waals surface area contributed by atoms with Gasteiger partial charge in [0.05, 0.1) is 0 Å². The van der Waals surface area contributed by atoms with Crippen LogP contribution in [0.2, 0.25) is 0 Å². The van der Waals surface area contributed by atoms with Gasteiger partial charge >= 0.3 is 0 Å². The number of hydrogen-bond donors (Lipinski definition) is 3. The van der Waals surface area contributed by atoms with Crippen LogP contribution in [0.15, 0.2) is 23.2 Å². The number of rotatable bonds is 5. The fourth-order valence-electron chi connectivity index (χ4n) is 1.30. The lowest BCUT2D eigenvalue weighted by Gasteiger charge is -2.24. The van der Waals surface area contributed by atoms with E-state index in [-0.39, 0.29) is 17.3 Å². The van der Waals surface area contributed by atoms with Gasteiger partial charge in [0.15, 0.2) is 0 Å². The Balaban J connectivity index is 2.93. The standard InChI is InChI=1S/C10H17N3O3S/c1-10(2,5-6-14)13-17(15,16)8-3-4-9(11)12-7-8/h3-4,7,13-14H,5-6H2,1-2H3,(H2,11,12). The maximum Gasteiger partial charge on any atom is 0.242 e. The number of nitrogens with one attached hydrogen (secondary N) is 1. The SMILES string of the molecule is CC(C)(CCO)NS(=O)(=O)c1ccc(N)nc1. The molecule has 7 heteroatoms. The Labute approximate surface area is 101 Å². The van der Waals surface area contributed by atoms with E-state index in [1.54, 1.807) is 13.8 Å². The lowest BCUT2D eigenvalue weighted by Crippen LogP contribution is -2.43. The number of aromatic nitrogens is 1. The number of pyridine rings is 1. The van der Waals surface area contributed by atoms with Gasteiger partial charge in [-0.15, -0.1) is 0 Å². The molecule has 1 heterocycles. The van der Waals surface area contributed by atoms with Crippen LogP contribution < -0.4 is 10.5 Å². The zero-order valence-electron chi connectivity index (χ0n) is 9.84. The molecule has 1 aromatic heterocycles. The van der Waals surface area contributed by atoms with E-state index in [0.29, 0.717) is 6.42 Å². The maximum absolute atomic E-state index is 12.0. The molecule has 4 N–H and O–H groups in total. The summed E-state index contributed by atoms with van der Waals surface area (Å²) in [4.78, 5) is 3.78. The minimum absolute atomic E-state index is 0.0534. The third-order valence-corrected chi connectivity index (χ3v) is 3.90. The third kappa shape index (κ3) is 3.95. The summed E-state index contributed by atoms with van der Waals surface area (Å²) in [6, 6.07) is 2.81. The molecule has 1 rings (SSSR count). The van der Waals surface area contributed by atoms with Gasteiger partial charge in [-0.2, -0.15) is 0 Å². The van der Waals surface area contributed by atoms with Crippen molar-refractivity contribution in [2.24, 2.45) is 0 Å². The molecule has 1 aromatic rings. The summed E-state index contributed by atoms with van der Waals surface area (Å²) in [5.41, 5.74) is 4.67. The topological polar surface area (TPSA) is 105 Å². The van der Waals surface area contributed by atoms with Gasteiger partial charge in [0.1, 0.15) is 10.7 Å². The predicted octanol–water partition coefficient (Wildman–Crippen LogP) is 0.103. The van der Waals surface area contributed by atoms with Gasteiger partial charge in [-0.1, -0.05) is 0 Å². The largest absolute Gasteiger partial charge is 0.396 e. The van der Waals surface area contributed by atoms with Crippen LogP contribution in [0.25, 0.3) is 0 Å². The quantitative estimate of drug-likeness (QED) is 0.695. The average molecular weight is 259 g/mol. The molecule has 0 bridgehead atoms. The smallest absolute Gasteiger partial charge is 0.242 e. The molecule has 6 nitrogen and oxygen atoms in total. The summed E-state index contributed by atoms with van der Waals surface area (Å²) < 4.78 is 26.4. The highest BCUT2D eigenvalue weighted by molar-refractivity contribution is 7.89. The number of nitrogens with two attached hydrogens (primary N) is 1. The molecule has 0 radical (unpaired) electrons. The molecule has 0 aliphatic rings. The van der Waals surface area contributed by atoms with E-state index >= 15 is 0 Å². The molecule has 0 aliphatic carbocycles. The van der Waals surface area contributed by atoms with Crippen LogP contribution >= 0.6 is 0 Å². The van der Waals surface area contributed by atoms with Gasteiger partial charge in [-0.05, 0) is 32.4 Å². The van der Waals surface area contributed by atoms with Crippen molar-refractivity contribution in [3.8, 4) is 0 Å². The summed E-state index contributed by atoms with van der Waals surface area (Å²) in [6.45, 7) is 3.31. The molecular formula is C10H17N3O3S. The van der Waals surface area contributed by atoms with Crippen LogP contribution in [0.1, 0.15) is 20.3 Å². The molecule has 0 saturated carbocycles. The average Bonchev–Trinajstić information content (AvgIpc) is 2.16. The Hall–Kier alpha value is -1.18. The van der Waals surface area contributed by atoms with Crippen molar-refractivity contribution >= 4 is 15.8 Å². The number of hydrogen-bond acceptors (Lipinski definition) is 5.